The summed E-state index contributed by atoms with van der Waals surface area (Å²) < 4.78 is 1.22. The predicted octanol–water partition coefficient (Wildman–Crippen LogP) is 4.75. The third-order valence-electron chi connectivity index (χ3n) is 2.81. The van der Waals surface area contributed by atoms with E-state index in [4.69, 9.17) is 0 Å². The summed E-state index contributed by atoms with van der Waals surface area (Å²) in [5.74, 6) is 0. The molecular weight excluding hydrogens is 314 g/mol. The second kappa shape index (κ2) is 5.65. The summed E-state index contributed by atoms with van der Waals surface area (Å²) in [7, 11) is 2.03. The second-order valence-electron chi connectivity index (χ2n) is 3.95. The van der Waals surface area contributed by atoms with Crippen molar-refractivity contribution in [2.75, 3.05) is 7.05 Å². The molecule has 1 unspecified atom stereocenters. The molecule has 2 aromatic heterocycles. The Morgan fingerprint density at radius 1 is 1.41 bits per heavy atom. The minimum atomic E-state index is 0.318. The van der Waals surface area contributed by atoms with Gasteiger partial charge in [-0.25, -0.2) is 0 Å². The molecule has 1 N–H and O–H groups in total. The fourth-order valence-corrected chi connectivity index (χ4v) is 5.16. The van der Waals surface area contributed by atoms with E-state index in [2.05, 4.69) is 52.6 Å². The third-order valence-corrected chi connectivity index (χ3v) is 5.87. The molecule has 0 bridgehead atoms. The fourth-order valence-electron chi connectivity index (χ4n) is 1.97. The molecule has 0 saturated heterocycles. The Kier molecular flexibility index (Phi) is 4.42. The van der Waals surface area contributed by atoms with Crippen LogP contribution in [-0.2, 0) is 6.42 Å². The van der Waals surface area contributed by atoms with Crippen molar-refractivity contribution in [3.05, 3.63) is 42.2 Å². The van der Waals surface area contributed by atoms with Crippen LogP contribution in [0.25, 0.3) is 0 Å². The highest BCUT2D eigenvalue weighted by molar-refractivity contribution is 9.10. The van der Waals surface area contributed by atoms with Crippen LogP contribution in [0.2, 0.25) is 0 Å². The molecule has 0 aliphatic heterocycles. The van der Waals surface area contributed by atoms with Gasteiger partial charge in [-0.15, -0.1) is 22.7 Å². The molecule has 0 aromatic carbocycles. The van der Waals surface area contributed by atoms with E-state index in [9.17, 15) is 0 Å². The van der Waals surface area contributed by atoms with Crippen LogP contribution in [0.4, 0.5) is 0 Å². The molecule has 92 valence electrons. The molecule has 0 fully saturated rings. The van der Waals surface area contributed by atoms with Gasteiger partial charge in [0.25, 0.3) is 0 Å². The van der Waals surface area contributed by atoms with E-state index in [0.29, 0.717) is 6.04 Å². The van der Waals surface area contributed by atoms with Crippen molar-refractivity contribution in [1.82, 2.24) is 5.32 Å². The predicted molar refractivity (Wildman–Crippen MR) is 81.4 cm³/mol. The first kappa shape index (κ1) is 13.3. The highest BCUT2D eigenvalue weighted by Crippen LogP contribution is 2.38. The van der Waals surface area contributed by atoms with Crippen LogP contribution in [0, 0.1) is 6.92 Å². The monoisotopic (exact) mass is 329 g/mol. The van der Waals surface area contributed by atoms with E-state index in [-0.39, 0.29) is 0 Å². The van der Waals surface area contributed by atoms with Gasteiger partial charge in [-0.3, -0.25) is 0 Å². The van der Waals surface area contributed by atoms with Gasteiger partial charge in [0.2, 0.25) is 0 Å². The molecule has 0 spiro atoms. The SMILES string of the molecule is CCc1ccsc1C(NC)c1sc(C)cc1Br. The molecule has 0 amide bonds. The first-order chi connectivity index (χ1) is 8.17. The van der Waals surface area contributed by atoms with Crippen LogP contribution in [0.1, 0.15) is 33.2 Å². The van der Waals surface area contributed by atoms with Gasteiger partial charge in [0.05, 0.1) is 6.04 Å². The maximum absolute atomic E-state index is 3.67. The minimum absolute atomic E-state index is 0.318. The zero-order chi connectivity index (χ0) is 12.4. The average Bonchev–Trinajstić information content (AvgIpc) is 2.88. The molecule has 4 heteroatoms. The molecule has 1 atom stereocenters. The molecule has 0 radical (unpaired) electrons. The van der Waals surface area contributed by atoms with Crippen LogP contribution in [0.15, 0.2) is 22.0 Å². The number of thiophene rings is 2. The fraction of sp³-hybridized carbons (Fsp3) is 0.385. The maximum atomic E-state index is 3.67. The molecule has 0 saturated carbocycles. The number of aryl methyl sites for hydroxylation is 2. The van der Waals surface area contributed by atoms with Crippen LogP contribution in [0.3, 0.4) is 0 Å². The van der Waals surface area contributed by atoms with Crippen molar-refractivity contribution in [2.45, 2.75) is 26.3 Å². The average molecular weight is 330 g/mol. The summed E-state index contributed by atoms with van der Waals surface area (Å²) in [6, 6.07) is 4.75. The molecule has 0 aliphatic carbocycles. The zero-order valence-corrected chi connectivity index (χ0v) is 13.4. The molecule has 0 aliphatic rings. The van der Waals surface area contributed by atoms with E-state index in [0.717, 1.165) is 6.42 Å². The Morgan fingerprint density at radius 2 is 2.18 bits per heavy atom. The lowest BCUT2D eigenvalue weighted by atomic mass is 10.1. The number of halogens is 1. The van der Waals surface area contributed by atoms with E-state index < -0.39 is 0 Å². The highest BCUT2D eigenvalue weighted by atomic mass is 79.9. The molecule has 2 rings (SSSR count). The number of nitrogens with one attached hydrogen (secondary N) is 1. The van der Waals surface area contributed by atoms with Gasteiger partial charge >= 0.3 is 0 Å². The third kappa shape index (κ3) is 2.65. The first-order valence-electron chi connectivity index (χ1n) is 5.66. The lowest BCUT2D eigenvalue weighted by molar-refractivity contribution is 0.707. The van der Waals surface area contributed by atoms with Gasteiger partial charge < -0.3 is 5.32 Å². The highest BCUT2D eigenvalue weighted by Gasteiger charge is 2.20. The first-order valence-corrected chi connectivity index (χ1v) is 8.15. The summed E-state index contributed by atoms with van der Waals surface area (Å²) in [6.07, 6.45) is 1.10. The van der Waals surface area contributed by atoms with Gasteiger partial charge in [-0.1, -0.05) is 6.92 Å². The number of rotatable bonds is 4. The quantitative estimate of drug-likeness (QED) is 0.853. The van der Waals surface area contributed by atoms with Crippen molar-refractivity contribution in [1.29, 1.82) is 0 Å². The Bertz CT molecular complexity index is 501. The molecule has 2 heterocycles. The maximum Gasteiger partial charge on any atom is 0.0776 e. The van der Waals surface area contributed by atoms with E-state index >= 15 is 0 Å². The summed E-state index contributed by atoms with van der Waals surface area (Å²) in [6.45, 7) is 4.37. The summed E-state index contributed by atoms with van der Waals surface area (Å²) in [5, 5.41) is 5.63. The van der Waals surface area contributed by atoms with E-state index in [1.807, 2.05) is 29.7 Å². The Morgan fingerprint density at radius 3 is 2.71 bits per heavy atom. The van der Waals surface area contributed by atoms with Crippen LogP contribution >= 0.6 is 38.6 Å². The summed E-state index contributed by atoms with van der Waals surface area (Å²) in [4.78, 5) is 4.17. The van der Waals surface area contributed by atoms with Gasteiger partial charge in [-0.05, 0) is 59.4 Å². The normalized spacial score (nSPS) is 12.9. The topological polar surface area (TPSA) is 12.0 Å². The smallest absolute Gasteiger partial charge is 0.0776 e. The Labute approximate surface area is 119 Å². The minimum Gasteiger partial charge on any atom is -0.308 e. The van der Waals surface area contributed by atoms with Crippen molar-refractivity contribution in [3.63, 3.8) is 0 Å². The second-order valence-corrected chi connectivity index (χ2v) is 7.04. The van der Waals surface area contributed by atoms with Crippen molar-refractivity contribution in [3.8, 4) is 0 Å². The largest absolute Gasteiger partial charge is 0.308 e. The standard InChI is InChI=1S/C13H16BrNS2/c1-4-9-5-6-16-12(9)11(15-3)13-10(14)7-8(2)17-13/h5-7,11,15H,4H2,1-3H3. The lowest BCUT2D eigenvalue weighted by Gasteiger charge is -2.15. The molecule has 17 heavy (non-hydrogen) atoms. The van der Waals surface area contributed by atoms with Gasteiger partial charge in [-0.2, -0.15) is 0 Å². The van der Waals surface area contributed by atoms with Crippen LogP contribution in [-0.4, -0.2) is 7.05 Å². The summed E-state index contributed by atoms with van der Waals surface area (Å²) in [5.41, 5.74) is 1.45. The number of hydrogen-bond donors (Lipinski definition) is 1. The van der Waals surface area contributed by atoms with E-state index in [1.54, 1.807) is 0 Å². The Hall–Kier alpha value is -0.160. The van der Waals surface area contributed by atoms with E-state index in [1.165, 1.54) is 24.7 Å². The zero-order valence-electron chi connectivity index (χ0n) is 10.2. The van der Waals surface area contributed by atoms with Crippen molar-refractivity contribution < 1.29 is 0 Å². The molecule has 1 nitrogen and oxygen atoms in total. The van der Waals surface area contributed by atoms with Crippen LogP contribution in [0.5, 0.6) is 0 Å². The summed E-state index contributed by atoms with van der Waals surface area (Å²) >= 11 is 7.37. The van der Waals surface area contributed by atoms with Crippen molar-refractivity contribution in [2.24, 2.45) is 0 Å². The molecule has 2 aromatic rings. The van der Waals surface area contributed by atoms with Crippen molar-refractivity contribution >= 4 is 38.6 Å². The number of hydrogen-bond acceptors (Lipinski definition) is 3. The lowest BCUT2D eigenvalue weighted by Crippen LogP contribution is -2.16. The van der Waals surface area contributed by atoms with Crippen LogP contribution < -0.4 is 5.32 Å². The van der Waals surface area contributed by atoms with Gasteiger partial charge in [0.1, 0.15) is 0 Å². The van der Waals surface area contributed by atoms with Gasteiger partial charge in [0, 0.05) is 19.1 Å². The Balaban J connectivity index is 2.43. The molecular formula is C13H16BrNS2. The van der Waals surface area contributed by atoms with Gasteiger partial charge in [0.15, 0.2) is 0 Å².